The summed E-state index contributed by atoms with van der Waals surface area (Å²) in [4.78, 5) is 22.3. The van der Waals surface area contributed by atoms with E-state index in [1.807, 2.05) is 5.38 Å². The number of nitrogens with one attached hydrogen (secondary N) is 1. The number of amidine groups is 1. The Labute approximate surface area is 242 Å². The molecule has 13 heteroatoms. The normalized spacial score (nSPS) is 24.8. The molecule has 40 heavy (non-hydrogen) atoms. The van der Waals surface area contributed by atoms with Crippen LogP contribution in [0.5, 0.6) is 0 Å². The highest BCUT2D eigenvalue weighted by atomic mass is 35.5. The summed E-state index contributed by atoms with van der Waals surface area (Å²) in [6, 6.07) is 3.08. The zero-order chi connectivity index (χ0) is 28.8. The summed E-state index contributed by atoms with van der Waals surface area (Å²) in [6.07, 6.45) is 3.48. The number of halogens is 2. The van der Waals surface area contributed by atoms with Crippen molar-refractivity contribution in [2.45, 2.75) is 56.4 Å². The third kappa shape index (κ3) is 5.56. The molecule has 1 aromatic carbocycles. The first-order valence-electron chi connectivity index (χ1n) is 13.1. The van der Waals surface area contributed by atoms with Crippen molar-refractivity contribution in [3.05, 3.63) is 62.5 Å². The molecule has 0 unspecified atom stereocenters. The molecular formula is C27H32ClFN4O5S2. The standard InChI is InChI=1S/C27H32ClFN4O5S2/c1-27(2,35)16-12-18(13-16)40(36,37)33-9-6-15(7-10-33)22-21(26(34)38-3)23(19-5-4-17(29)14-20(19)28)32-24(31-22)25-30-8-11-39-25/h4-5,8,11,14-16,18,23,35H,6-7,9-10,12-13H2,1-3H3,(H,31,32)/t16-,18-,23-/m1/s1. The number of aliphatic imine (C=N–C) groups is 1. The monoisotopic (exact) mass is 610 g/mol. The maximum absolute atomic E-state index is 13.9. The number of allylic oxidation sites excluding steroid dienone is 1. The first-order valence-corrected chi connectivity index (χ1v) is 15.9. The molecular weight excluding hydrogens is 579 g/mol. The Balaban J connectivity index is 1.44. The summed E-state index contributed by atoms with van der Waals surface area (Å²) in [5.41, 5.74) is 0.385. The number of piperidine rings is 1. The van der Waals surface area contributed by atoms with Crippen LogP contribution in [0.2, 0.25) is 5.02 Å². The summed E-state index contributed by atoms with van der Waals surface area (Å²) in [7, 11) is -2.22. The Hall–Kier alpha value is -2.38. The molecule has 1 aromatic heterocycles. The maximum Gasteiger partial charge on any atom is 0.338 e. The summed E-state index contributed by atoms with van der Waals surface area (Å²) in [5.74, 6) is -0.896. The van der Waals surface area contributed by atoms with Gasteiger partial charge in [-0.3, -0.25) is 4.99 Å². The summed E-state index contributed by atoms with van der Waals surface area (Å²) < 4.78 is 47.2. The fourth-order valence-corrected chi connectivity index (χ4v) is 8.57. The molecule has 216 valence electrons. The molecule has 1 saturated heterocycles. The third-order valence-corrected chi connectivity index (χ3v) is 11.5. The van der Waals surface area contributed by atoms with Crippen molar-refractivity contribution in [2.24, 2.45) is 16.8 Å². The van der Waals surface area contributed by atoms with Crippen LogP contribution in [0.3, 0.4) is 0 Å². The van der Waals surface area contributed by atoms with Gasteiger partial charge >= 0.3 is 5.97 Å². The van der Waals surface area contributed by atoms with Gasteiger partial charge in [-0.1, -0.05) is 17.7 Å². The minimum atomic E-state index is -3.51. The molecule has 0 spiro atoms. The van der Waals surface area contributed by atoms with Crippen LogP contribution >= 0.6 is 22.9 Å². The van der Waals surface area contributed by atoms with Crippen LogP contribution in [-0.2, 0) is 19.6 Å². The Morgan fingerprint density at radius 3 is 2.55 bits per heavy atom. The molecule has 0 amide bonds. The molecule has 3 aliphatic rings. The number of carbonyl (C=O) groups is 1. The van der Waals surface area contributed by atoms with Gasteiger partial charge in [0.2, 0.25) is 10.0 Å². The minimum absolute atomic E-state index is 0.0391. The molecule has 2 N–H and O–H groups in total. The number of thiazole rings is 1. The molecule has 2 fully saturated rings. The predicted octanol–water partition coefficient (Wildman–Crippen LogP) is 4.05. The molecule has 1 atom stereocenters. The highest BCUT2D eigenvalue weighted by Crippen LogP contribution is 2.43. The highest BCUT2D eigenvalue weighted by Gasteiger charge is 2.48. The number of ether oxygens (including phenoxy) is 1. The van der Waals surface area contributed by atoms with Gasteiger partial charge in [0.05, 0.1) is 23.5 Å². The van der Waals surface area contributed by atoms with E-state index >= 15 is 0 Å². The molecule has 1 aliphatic carbocycles. The van der Waals surface area contributed by atoms with Crippen LogP contribution in [0.25, 0.3) is 0 Å². The molecule has 5 rings (SSSR count). The zero-order valence-corrected chi connectivity index (χ0v) is 24.8. The van der Waals surface area contributed by atoms with E-state index in [0.29, 0.717) is 60.9 Å². The first kappa shape index (κ1) is 29.1. The number of methoxy groups -OCH3 is 1. The molecule has 3 heterocycles. The van der Waals surface area contributed by atoms with Crippen LogP contribution in [0, 0.1) is 17.7 Å². The Morgan fingerprint density at radius 2 is 1.98 bits per heavy atom. The first-order chi connectivity index (χ1) is 18.9. The average molecular weight is 611 g/mol. The molecule has 2 aromatic rings. The molecule has 0 bridgehead atoms. The van der Waals surface area contributed by atoms with Gasteiger partial charge in [-0.25, -0.2) is 26.9 Å². The van der Waals surface area contributed by atoms with Crippen molar-refractivity contribution < 1.29 is 27.4 Å². The quantitative estimate of drug-likeness (QED) is 0.454. The van der Waals surface area contributed by atoms with Crippen molar-refractivity contribution in [3.8, 4) is 0 Å². The van der Waals surface area contributed by atoms with Crippen molar-refractivity contribution in [2.75, 3.05) is 20.2 Å². The van der Waals surface area contributed by atoms with E-state index < -0.39 is 38.7 Å². The van der Waals surface area contributed by atoms with E-state index in [0.717, 1.165) is 0 Å². The Kier molecular flexibility index (Phi) is 8.10. The average Bonchev–Trinajstić information content (AvgIpc) is 3.41. The lowest BCUT2D eigenvalue weighted by Crippen LogP contribution is -2.52. The lowest BCUT2D eigenvalue weighted by molar-refractivity contribution is -0.136. The van der Waals surface area contributed by atoms with Gasteiger partial charge in [-0.2, -0.15) is 0 Å². The van der Waals surface area contributed by atoms with E-state index in [2.05, 4.69) is 10.3 Å². The zero-order valence-electron chi connectivity index (χ0n) is 22.4. The topological polar surface area (TPSA) is 121 Å². The number of esters is 1. The largest absolute Gasteiger partial charge is 0.466 e. The van der Waals surface area contributed by atoms with Gasteiger partial charge in [-0.15, -0.1) is 11.3 Å². The van der Waals surface area contributed by atoms with Gasteiger partial charge < -0.3 is 15.2 Å². The second-order valence-corrected chi connectivity index (χ2v) is 14.5. The van der Waals surface area contributed by atoms with Crippen LogP contribution in [0.1, 0.15) is 56.1 Å². The van der Waals surface area contributed by atoms with Gasteiger partial charge in [0, 0.05) is 46.9 Å². The number of nitrogens with zero attached hydrogens (tertiary/aromatic N) is 3. The lowest BCUT2D eigenvalue weighted by Gasteiger charge is -2.44. The van der Waals surface area contributed by atoms with Crippen LogP contribution < -0.4 is 5.32 Å². The second kappa shape index (κ2) is 11.1. The van der Waals surface area contributed by atoms with E-state index in [1.54, 1.807) is 20.0 Å². The molecule has 1 saturated carbocycles. The van der Waals surface area contributed by atoms with Crippen molar-refractivity contribution >= 4 is 44.8 Å². The van der Waals surface area contributed by atoms with Gasteiger partial charge in [0.25, 0.3) is 0 Å². The fourth-order valence-electron chi connectivity index (χ4n) is 5.61. The molecule has 0 radical (unpaired) electrons. The van der Waals surface area contributed by atoms with Crippen LogP contribution in [0.15, 0.2) is 46.0 Å². The third-order valence-electron chi connectivity index (χ3n) is 8.11. The van der Waals surface area contributed by atoms with E-state index in [1.165, 1.54) is 41.0 Å². The number of aromatic nitrogens is 1. The number of hydrogen-bond acceptors (Lipinski definition) is 9. The van der Waals surface area contributed by atoms with Gasteiger partial charge in [0.1, 0.15) is 11.9 Å². The van der Waals surface area contributed by atoms with Crippen molar-refractivity contribution in [1.29, 1.82) is 0 Å². The van der Waals surface area contributed by atoms with Crippen molar-refractivity contribution in [3.63, 3.8) is 0 Å². The smallest absolute Gasteiger partial charge is 0.338 e. The van der Waals surface area contributed by atoms with Gasteiger partial charge in [-0.05, 0) is 57.6 Å². The summed E-state index contributed by atoms with van der Waals surface area (Å²) in [5, 5.41) is 15.6. The minimum Gasteiger partial charge on any atom is -0.466 e. The maximum atomic E-state index is 13.9. The summed E-state index contributed by atoms with van der Waals surface area (Å²) in [6.45, 7) is 4.01. The number of rotatable bonds is 7. The lowest BCUT2D eigenvalue weighted by atomic mass is 9.74. The SMILES string of the molecule is COC(=O)C1=C(C2CCN(S(=O)(=O)[C@H]3C[C@H](C(C)(C)O)C3)CC2)NC(c2nccs2)=N[C@@H]1c1ccc(F)cc1Cl. The van der Waals surface area contributed by atoms with Crippen LogP contribution in [0.4, 0.5) is 4.39 Å². The molecule has 2 aliphatic heterocycles. The second-order valence-electron chi connectivity index (χ2n) is 11.0. The number of hydrogen-bond donors (Lipinski definition) is 2. The van der Waals surface area contributed by atoms with E-state index in [-0.39, 0.29) is 22.4 Å². The van der Waals surface area contributed by atoms with E-state index in [9.17, 15) is 22.7 Å². The number of benzene rings is 1. The summed E-state index contributed by atoms with van der Waals surface area (Å²) >= 11 is 7.81. The van der Waals surface area contributed by atoms with Gasteiger partial charge in [0.15, 0.2) is 10.8 Å². The van der Waals surface area contributed by atoms with Crippen molar-refractivity contribution in [1.82, 2.24) is 14.6 Å². The highest BCUT2D eigenvalue weighted by molar-refractivity contribution is 7.89. The van der Waals surface area contributed by atoms with Crippen LogP contribution in [-0.4, -0.2) is 65.7 Å². The Morgan fingerprint density at radius 1 is 1.27 bits per heavy atom. The fraction of sp³-hybridized carbons (Fsp3) is 0.519. The van der Waals surface area contributed by atoms with E-state index in [4.69, 9.17) is 21.3 Å². The molecule has 9 nitrogen and oxygen atoms in total. The predicted molar refractivity (Wildman–Crippen MR) is 151 cm³/mol. The number of aliphatic hydroxyl groups is 1. The Bertz CT molecular complexity index is 1440. The number of sulfonamides is 1. The number of carbonyl (C=O) groups excluding carboxylic acids is 1.